The molecule has 0 aromatic carbocycles. The molecule has 2 N–H and O–H groups in total. The zero-order valence-electron chi connectivity index (χ0n) is 21.1. The number of rotatable bonds is 3. The summed E-state index contributed by atoms with van der Waals surface area (Å²) in [6.07, 6.45) is 29.0. The van der Waals surface area contributed by atoms with Crippen LogP contribution in [0.1, 0.15) is 167 Å². The van der Waals surface area contributed by atoms with Crippen molar-refractivity contribution in [1.82, 2.24) is 0 Å². The van der Waals surface area contributed by atoms with E-state index in [1.807, 2.05) is 0 Å². The van der Waals surface area contributed by atoms with Gasteiger partial charge < -0.3 is 10.2 Å². The molecule has 0 aromatic rings. The van der Waals surface area contributed by atoms with Gasteiger partial charge in [-0.05, 0) is 25.7 Å². The fourth-order valence-corrected chi connectivity index (χ4v) is 5.36. The van der Waals surface area contributed by atoms with E-state index in [1.54, 1.807) is 0 Å². The standard InChI is InChI=1S/C28H54O4/c29-27(23-19-15-11-7-3-1-4-8-12-16-20-24-27)31-32-28(30)25-21-17-13-9-5-2-6-10-14-18-22-26-28/h29-30H,1-26H2. The van der Waals surface area contributed by atoms with E-state index < -0.39 is 11.6 Å². The molecule has 0 radical (unpaired) electrons. The third-order valence-electron chi connectivity index (χ3n) is 7.62. The summed E-state index contributed by atoms with van der Waals surface area (Å²) in [7, 11) is 0. The normalized spacial score (nSPS) is 26.4. The summed E-state index contributed by atoms with van der Waals surface area (Å²) in [4.78, 5) is 11.5. The lowest BCUT2D eigenvalue weighted by molar-refractivity contribution is -0.498. The van der Waals surface area contributed by atoms with Crippen LogP contribution in [0.15, 0.2) is 0 Å². The Kier molecular flexibility index (Phi) is 15.2. The van der Waals surface area contributed by atoms with Crippen LogP contribution in [0, 0.1) is 0 Å². The van der Waals surface area contributed by atoms with Crippen LogP contribution in [-0.2, 0) is 9.78 Å². The summed E-state index contributed by atoms with van der Waals surface area (Å²) in [5.74, 6) is -2.53. The summed E-state index contributed by atoms with van der Waals surface area (Å²) >= 11 is 0. The lowest BCUT2D eigenvalue weighted by Gasteiger charge is -2.33. The third kappa shape index (κ3) is 13.5. The average molecular weight is 455 g/mol. The van der Waals surface area contributed by atoms with E-state index in [0.29, 0.717) is 25.7 Å². The van der Waals surface area contributed by atoms with Crippen LogP contribution in [0.5, 0.6) is 0 Å². The van der Waals surface area contributed by atoms with Gasteiger partial charge in [-0.25, -0.2) is 0 Å². The van der Waals surface area contributed by atoms with Gasteiger partial charge in [0.2, 0.25) is 0 Å². The fourth-order valence-electron chi connectivity index (χ4n) is 5.36. The monoisotopic (exact) mass is 454 g/mol. The van der Waals surface area contributed by atoms with Crippen molar-refractivity contribution < 1.29 is 20.0 Å². The van der Waals surface area contributed by atoms with E-state index in [4.69, 9.17) is 9.78 Å². The molecule has 190 valence electrons. The predicted molar refractivity (Wildman–Crippen MR) is 132 cm³/mol. The predicted octanol–water partition coefficient (Wildman–Crippen LogP) is 8.48. The average Bonchev–Trinajstić information content (AvgIpc) is 2.78. The van der Waals surface area contributed by atoms with Gasteiger partial charge in [0.25, 0.3) is 0 Å². The number of aliphatic hydroxyl groups is 2. The molecule has 4 heteroatoms. The molecule has 0 saturated heterocycles. The summed E-state index contributed by atoms with van der Waals surface area (Å²) in [5.41, 5.74) is 0. The Balaban J connectivity index is 1.87. The lowest BCUT2D eigenvalue weighted by Crippen LogP contribution is -2.40. The molecule has 0 spiro atoms. The molecular formula is C28H54O4. The molecule has 2 rings (SSSR count). The largest absolute Gasteiger partial charge is 0.363 e. The maximum absolute atomic E-state index is 11.2. The van der Waals surface area contributed by atoms with Crippen LogP contribution in [0.25, 0.3) is 0 Å². The number of hydrogen-bond acceptors (Lipinski definition) is 4. The lowest BCUT2D eigenvalue weighted by atomic mass is 9.97. The molecular weight excluding hydrogens is 400 g/mol. The maximum atomic E-state index is 11.2. The van der Waals surface area contributed by atoms with E-state index in [0.717, 1.165) is 51.4 Å². The summed E-state index contributed by atoms with van der Waals surface area (Å²) in [6, 6.07) is 0. The van der Waals surface area contributed by atoms with Crippen LogP contribution in [-0.4, -0.2) is 21.8 Å². The second-order valence-electron chi connectivity index (χ2n) is 10.8. The molecule has 2 aliphatic rings. The van der Waals surface area contributed by atoms with Crippen LogP contribution >= 0.6 is 0 Å². The molecule has 2 saturated carbocycles. The SMILES string of the molecule is OC1(OOC2(O)CCCCCCCCCCCCC2)CCCCCCCCCCCCC1. The Hall–Kier alpha value is -0.160. The van der Waals surface area contributed by atoms with E-state index in [-0.39, 0.29) is 0 Å². The molecule has 4 nitrogen and oxygen atoms in total. The highest BCUT2D eigenvalue weighted by molar-refractivity contribution is 4.70. The van der Waals surface area contributed by atoms with Crippen LogP contribution in [0.2, 0.25) is 0 Å². The molecule has 0 amide bonds. The Morgan fingerprint density at radius 3 is 0.625 bits per heavy atom. The minimum atomic E-state index is -1.26. The highest BCUT2D eigenvalue weighted by Crippen LogP contribution is 2.31. The Bertz CT molecular complexity index is 371. The van der Waals surface area contributed by atoms with Gasteiger partial charge in [-0.3, -0.25) is 0 Å². The van der Waals surface area contributed by atoms with Gasteiger partial charge >= 0.3 is 0 Å². The highest BCUT2D eigenvalue weighted by atomic mass is 17.2. The Morgan fingerprint density at radius 2 is 0.438 bits per heavy atom. The molecule has 32 heavy (non-hydrogen) atoms. The van der Waals surface area contributed by atoms with Crippen LogP contribution in [0.3, 0.4) is 0 Å². The van der Waals surface area contributed by atoms with Crippen molar-refractivity contribution in [2.45, 2.75) is 179 Å². The Morgan fingerprint density at radius 1 is 0.281 bits per heavy atom. The van der Waals surface area contributed by atoms with Crippen molar-refractivity contribution in [3.8, 4) is 0 Å². The summed E-state index contributed by atoms with van der Waals surface area (Å²) < 4.78 is 0. The van der Waals surface area contributed by atoms with Gasteiger partial charge in [0.1, 0.15) is 0 Å². The van der Waals surface area contributed by atoms with Gasteiger partial charge in [-0.1, -0.05) is 116 Å². The minimum absolute atomic E-state index is 0.600. The first-order chi connectivity index (χ1) is 15.6. The fraction of sp³-hybridized carbons (Fsp3) is 1.00. The molecule has 0 aliphatic heterocycles. The van der Waals surface area contributed by atoms with E-state index >= 15 is 0 Å². The topological polar surface area (TPSA) is 58.9 Å². The maximum Gasteiger partial charge on any atom is 0.199 e. The summed E-state index contributed by atoms with van der Waals surface area (Å²) in [5, 5.41) is 22.5. The van der Waals surface area contributed by atoms with E-state index in [9.17, 15) is 10.2 Å². The van der Waals surface area contributed by atoms with Crippen molar-refractivity contribution >= 4 is 0 Å². The van der Waals surface area contributed by atoms with Crippen LogP contribution < -0.4 is 0 Å². The highest BCUT2D eigenvalue weighted by Gasteiger charge is 2.35. The van der Waals surface area contributed by atoms with Crippen molar-refractivity contribution in [2.75, 3.05) is 0 Å². The smallest absolute Gasteiger partial charge is 0.199 e. The third-order valence-corrected chi connectivity index (χ3v) is 7.62. The van der Waals surface area contributed by atoms with Crippen LogP contribution in [0.4, 0.5) is 0 Å². The molecule has 0 heterocycles. The van der Waals surface area contributed by atoms with Gasteiger partial charge in [0, 0.05) is 25.7 Å². The van der Waals surface area contributed by atoms with E-state index in [2.05, 4.69) is 0 Å². The molecule has 0 unspecified atom stereocenters. The molecule has 2 fully saturated rings. The van der Waals surface area contributed by atoms with Gasteiger partial charge in [-0.15, -0.1) is 0 Å². The van der Waals surface area contributed by atoms with Crippen molar-refractivity contribution in [1.29, 1.82) is 0 Å². The first-order valence-electron chi connectivity index (χ1n) is 14.4. The van der Waals surface area contributed by atoms with Gasteiger partial charge in [0.05, 0.1) is 0 Å². The van der Waals surface area contributed by atoms with Crippen molar-refractivity contribution in [3.05, 3.63) is 0 Å². The van der Waals surface area contributed by atoms with Crippen molar-refractivity contribution in [2.24, 2.45) is 0 Å². The van der Waals surface area contributed by atoms with E-state index in [1.165, 1.54) is 89.9 Å². The van der Waals surface area contributed by atoms with Gasteiger partial charge in [-0.2, -0.15) is 9.78 Å². The zero-order chi connectivity index (χ0) is 22.8. The zero-order valence-corrected chi connectivity index (χ0v) is 21.1. The molecule has 2 aliphatic carbocycles. The quantitative estimate of drug-likeness (QED) is 0.255. The first-order valence-corrected chi connectivity index (χ1v) is 14.4. The minimum Gasteiger partial charge on any atom is -0.363 e. The first kappa shape index (κ1) is 28.1. The Labute approximate surface area is 198 Å². The second-order valence-corrected chi connectivity index (χ2v) is 10.8. The summed E-state index contributed by atoms with van der Waals surface area (Å²) in [6.45, 7) is 0. The molecule has 0 bridgehead atoms. The van der Waals surface area contributed by atoms with Crippen molar-refractivity contribution in [3.63, 3.8) is 0 Å². The second kappa shape index (κ2) is 17.3. The molecule has 0 atom stereocenters. The molecule has 0 aromatic heterocycles. The number of hydrogen-bond donors (Lipinski definition) is 2. The van der Waals surface area contributed by atoms with Gasteiger partial charge in [0.15, 0.2) is 11.6 Å².